The quantitative estimate of drug-likeness (QED) is 0.892. The Hall–Kier alpha value is -1.58. The molecule has 0 bridgehead atoms. The summed E-state index contributed by atoms with van der Waals surface area (Å²) in [6.07, 6.45) is 0. The Labute approximate surface area is 123 Å². The highest BCUT2D eigenvalue weighted by molar-refractivity contribution is 6.30. The molecule has 2 rings (SSSR count). The van der Waals surface area contributed by atoms with E-state index in [1.807, 2.05) is 31.2 Å². The number of halogens is 2. The molecule has 0 aliphatic carbocycles. The fourth-order valence-electron chi connectivity index (χ4n) is 2.19. The molecule has 20 heavy (non-hydrogen) atoms. The summed E-state index contributed by atoms with van der Waals surface area (Å²) in [4.78, 5) is 0. The van der Waals surface area contributed by atoms with Crippen LogP contribution >= 0.6 is 11.6 Å². The van der Waals surface area contributed by atoms with E-state index in [2.05, 4.69) is 5.32 Å². The molecule has 1 N–H and O–H groups in total. The van der Waals surface area contributed by atoms with Gasteiger partial charge in [-0.05, 0) is 49.9 Å². The summed E-state index contributed by atoms with van der Waals surface area (Å²) < 4.78 is 19.5. The molecule has 2 aromatic rings. The Bertz CT molecular complexity index is 588. The molecular weight excluding hydrogens is 277 g/mol. The summed E-state index contributed by atoms with van der Waals surface area (Å²) in [6.45, 7) is 2.53. The number of hydrogen-bond acceptors (Lipinski definition) is 2. The first-order valence-corrected chi connectivity index (χ1v) is 6.88. The summed E-state index contributed by atoms with van der Waals surface area (Å²) in [6, 6.07) is 11.9. The Morgan fingerprint density at radius 3 is 2.75 bits per heavy atom. The highest BCUT2D eigenvalue weighted by Gasteiger charge is 2.17. The van der Waals surface area contributed by atoms with Crippen molar-refractivity contribution in [3.05, 3.63) is 64.4 Å². The second kappa shape index (κ2) is 6.73. The average Bonchev–Trinajstić information content (AvgIpc) is 2.44. The van der Waals surface area contributed by atoms with E-state index in [1.54, 1.807) is 19.2 Å². The van der Waals surface area contributed by atoms with Gasteiger partial charge in [-0.1, -0.05) is 23.7 Å². The van der Waals surface area contributed by atoms with Crippen molar-refractivity contribution in [2.24, 2.45) is 0 Å². The maximum Gasteiger partial charge on any atom is 0.128 e. The van der Waals surface area contributed by atoms with E-state index < -0.39 is 0 Å². The van der Waals surface area contributed by atoms with Crippen LogP contribution < -0.4 is 10.1 Å². The molecule has 106 valence electrons. The van der Waals surface area contributed by atoms with Gasteiger partial charge in [0, 0.05) is 10.6 Å². The molecule has 0 spiro atoms. The van der Waals surface area contributed by atoms with Crippen molar-refractivity contribution in [2.75, 3.05) is 13.7 Å². The maximum atomic E-state index is 14.0. The van der Waals surface area contributed by atoms with Crippen LogP contribution in [0.25, 0.3) is 0 Å². The van der Waals surface area contributed by atoms with Gasteiger partial charge < -0.3 is 10.1 Å². The molecule has 1 atom stereocenters. The van der Waals surface area contributed by atoms with Gasteiger partial charge >= 0.3 is 0 Å². The summed E-state index contributed by atoms with van der Waals surface area (Å²) in [7, 11) is 1.79. The topological polar surface area (TPSA) is 21.3 Å². The fraction of sp³-hybridized carbons (Fsp3) is 0.250. The van der Waals surface area contributed by atoms with Crippen LogP contribution in [0.15, 0.2) is 42.5 Å². The van der Waals surface area contributed by atoms with Crippen LogP contribution in [0.3, 0.4) is 0 Å². The lowest BCUT2D eigenvalue weighted by Gasteiger charge is -2.19. The maximum absolute atomic E-state index is 14.0. The second-order valence-corrected chi connectivity index (χ2v) is 4.83. The first-order chi connectivity index (χ1) is 9.65. The van der Waals surface area contributed by atoms with Gasteiger partial charge in [-0.15, -0.1) is 0 Å². The van der Waals surface area contributed by atoms with Crippen molar-refractivity contribution in [2.45, 2.75) is 13.0 Å². The van der Waals surface area contributed by atoms with Crippen molar-refractivity contribution in [3.63, 3.8) is 0 Å². The van der Waals surface area contributed by atoms with Crippen LogP contribution in [0.4, 0.5) is 4.39 Å². The van der Waals surface area contributed by atoms with Crippen molar-refractivity contribution in [3.8, 4) is 5.75 Å². The Kier molecular flexibility index (Phi) is 4.99. The monoisotopic (exact) mass is 293 g/mol. The zero-order valence-corrected chi connectivity index (χ0v) is 12.2. The van der Waals surface area contributed by atoms with E-state index in [0.29, 0.717) is 17.2 Å². The van der Waals surface area contributed by atoms with Crippen molar-refractivity contribution in [1.82, 2.24) is 5.32 Å². The first kappa shape index (κ1) is 14.8. The van der Waals surface area contributed by atoms with Crippen LogP contribution in [0, 0.1) is 5.82 Å². The van der Waals surface area contributed by atoms with Gasteiger partial charge in [0.05, 0.1) is 12.6 Å². The molecule has 2 aromatic carbocycles. The van der Waals surface area contributed by atoms with Crippen LogP contribution in [-0.2, 0) is 0 Å². The third kappa shape index (κ3) is 3.30. The van der Waals surface area contributed by atoms with Gasteiger partial charge in [-0.2, -0.15) is 0 Å². The number of rotatable bonds is 5. The lowest BCUT2D eigenvalue weighted by atomic mass is 9.98. The van der Waals surface area contributed by atoms with Crippen LogP contribution in [0.5, 0.6) is 5.75 Å². The molecule has 0 amide bonds. The molecule has 2 nitrogen and oxygen atoms in total. The van der Waals surface area contributed by atoms with Gasteiger partial charge in [0.15, 0.2) is 0 Å². The van der Waals surface area contributed by atoms with Gasteiger partial charge in [-0.3, -0.25) is 0 Å². The Balaban J connectivity index is 2.41. The van der Waals surface area contributed by atoms with Gasteiger partial charge in [-0.25, -0.2) is 4.39 Å². The molecule has 0 aliphatic heterocycles. The molecule has 0 aromatic heterocycles. The van der Waals surface area contributed by atoms with E-state index in [9.17, 15) is 4.39 Å². The number of benzene rings is 2. The summed E-state index contributed by atoms with van der Waals surface area (Å²) >= 11 is 5.97. The van der Waals surface area contributed by atoms with Crippen molar-refractivity contribution in [1.29, 1.82) is 0 Å². The lowest BCUT2D eigenvalue weighted by Crippen LogP contribution is -2.19. The van der Waals surface area contributed by atoms with E-state index in [1.165, 1.54) is 6.07 Å². The molecule has 0 saturated heterocycles. The minimum atomic E-state index is -0.282. The number of nitrogens with one attached hydrogen (secondary N) is 1. The normalized spacial score (nSPS) is 12.2. The van der Waals surface area contributed by atoms with Crippen LogP contribution in [0.1, 0.15) is 24.1 Å². The average molecular weight is 294 g/mol. The molecule has 4 heteroatoms. The number of hydrogen-bond donors (Lipinski definition) is 1. The minimum absolute atomic E-state index is 0.269. The largest absolute Gasteiger partial charge is 0.494 e. The van der Waals surface area contributed by atoms with Gasteiger partial charge in [0.1, 0.15) is 11.6 Å². The SMILES string of the molecule is CCOc1cccc(C(NC)c2cc(Cl)ccc2F)c1. The second-order valence-electron chi connectivity index (χ2n) is 4.39. The predicted molar refractivity (Wildman–Crippen MR) is 79.9 cm³/mol. The smallest absolute Gasteiger partial charge is 0.128 e. The highest BCUT2D eigenvalue weighted by Crippen LogP contribution is 2.28. The zero-order valence-electron chi connectivity index (χ0n) is 11.5. The Morgan fingerprint density at radius 1 is 1.25 bits per heavy atom. The summed E-state index contributed by atoms with van der Waals surface area (Å²) in [5.41, 5.74) is 1.45. The predicted octanol–water partition coefficient (Wildman–Crippen LogP) is 4.19. The standard InChI is InChI=1S/C16H17ClFNO/c1-3-20-13-6-4-5-11(9-13)16(19-2)14-10-12(17)7-8-15(14)18/h4-10,16,19H,3H2,1-2H3. The van der Waals surface area contributed by atoms with Crippen LogP contribution in [0.2, 0.25) is 5.02 Å². The minimum Gasteiger partial charge on any atom is -0.494 e. The van der Waals surface area contributed by atoms with Gasteiger partial charge in [0.2, 0.25) is 0 Å². The third-order valence-corrected chi connectivity index (χ3v) is 3.30. The van der Waals surface area contributed by atoms with E-state index in [0.717, 1.165) is 11.3 Å². The third-order valence-electron chi connectivity index (χ3n) is 3.06. The molecule has 1 unspecified atom stereocenters. The number of ether oxygens (including phenoxy) is 1. The van der Waals surface area contributed by atoms with E-state index in [-0.39, 0.29) is 11.9 Å². The highest BCUT2D eigenvalue weighted by atomic mass is 35.5. The summed E-state index contributed by atoms with van der Waals surface area (Å²) in [5.74, 6) is 0.489. The Morgan fingerprint density at radius 2 is 2.05 bits per heavy atom. The van der Waals surface area contributed by atoms with Gasteiger partial charge in [0.25, 0.3) is 0 Å². The van der Waals surface area contributed by atoms with Crippen molar-refractivity contribution >= 4 is 11.6 Å². The van der Waals surface area contributed by atoms with Crippen molar-refractivity contribution < 1.29 is 9.13 Å². The molecular formula is C16H17ClFNO. The van der Waals surface area contributed by atoms with E-state index in [4.69, 9.17) is 16.3 Å². The molecule has 0 radical (unpaired) electrons. The first-order valence-electron chi connectivity index (χ1n) is 6.50. The van der Waals surface area contributed by atoms with Crippen LogP contribution in [-0.4, -0.2) is 13.7 Å². The molecule has 0 heterocycles. The molecule has 0 aliphatic rings. The lowest BCUT2D eigenvalue weighted by molar-refractivity contribution is 0.339. The molecule has 0 saturated carbocycles. The summed E-state index contributed by atoms with van der Waals surface area (Å²) in [5, 5.41) is 3.63. The fourth-order valence-corrected chi connectivity index (χ4v) is 2.37. The van der Waals surface area contributed by atoms with E-state index >= 15 is 0 Å². The zero-order chi connectivity index (χ0) is 14.5. The molecule has 0 fully saturated rings.